The molecule has 2 heterocycles. The highest BCUT2D eigenvalue weighted by Gasteiger charge is 2.41. The maximum atomic E-state index is 12.6. The fourth-order valence-electron chi connectivity index (χ4n) is 3.84. The highest BCUT2D eigenvalue weighted by molar-refractivity contribution is 7.92. The lowest BCUT2D eigenvalue weighted by atomic mass is 10.2. The van der Waals surface area contributed by atoms with Crippen molar-refractivity contribution in [1.29, 1.82) is 0 Å². The fourth-order valence-corrected chi connectivity index (χ4v) is 4.94. The van der Waals surface area contributed by atoms with Crippen molar-refractivity contribution in [3.8, 4) is 0 Å². The second-order valence-corrected chi connectivity index (χ2v) is 8.51. The predicted octanol–water partition coefficient (Wildman–Crippen LogP) is 1.96. The molecule has 0 spiro atoms. The molecule has 2 saturated heterocycles. The summed E-state index contributed by atoms with van der Waals surface area (Å²) in [5.41, 5.74) is 8.18. The standard InChI is InChI=1S/C18H22N4O2S/c1-21-11-15-9-14(21)12-22(15)18-8-7-16(10-17(18)19)25(23,24)20-13-5-3-2-4-6-13/h2-8,10,14-15,20H,9,11-12,19H2,1H3. The van der Waals surface area contributed by atoms with Crippen LogP contribution >= 0.6 is 0 Å². The zero-order valence-electron chi connectivity index (χ0n) is 14.1. The van der Waals surface area contributed by atoms with E-state index in [0.29, 0.717) is 23.5 Å². The number of nitrogen functional groups attached to an aromatic ring is 1. The first-order valence-corrected chi connectivity index (χ1v) is 9.86. The second-order valence-electron chi connectivity index (χ2n) is 6.83. The summed E-state index contributed by atoms with van der Waals surface area (Å²) < 4.78 is 27.7. The van der Waals surface area contributed by atoms with Crippen LogP contribution in [-0.2, 0) is 10.0 Å². The SMILES string of the molecule is CN1CC2CC1CN2c1ccc(S(=O)(=O)Nc2ccccc2)cc1N. The molecule has 2 bridgehead atoms. The Morgan fingerprint density at radius 3 is 2.44 bits per heavy atom. The average Bonchev–Trinajstić information content (AvgIpc) is 3.14. The Bertz CT molecular complexity index is 883. The van der Waals surface area contributed by atoms with Crippen LogP contribution in [0, 0.1) is 0 Å². The number of hydrogen-bond donors (Lipinski definition) is 2. The summed E-state index contributed by atoms with van der Waals surface area (Å²) in [6, 6.07) is 14.9. The molecule has 0 saturated carbocycles. The molecule has 2 unspecified atom stereocenters. The summed E-state index contributed by atoms with van der Waals surface area (Å²) in [6.07, 6.45) is 1.14. The number of nitrogens with one attached hydrogen (secondary N) is 1. The van der Waals surface area contributed by atoms with E-state index in [2.05, 4.69) is 21.6 Å². The number of likely N-dealkylation sites (tertiary alicyclic amines) is 1. The molecule has 25 heavy (non-hydrogen) atoms. The minimum atomic E-state index is -3.65. The molecule has 0 radical (unpaired) electrons. The van der Waals surface area contributed by atoms with Gasteiger partial charge in [-0.3, -0.25) is 9.62 Å². The van der Waals surface area contributed by atoms with E-state index in [1.807, 2.05) is 12.1 Å². The smallest absolute Gasteiger partial charge is 0.261 e. The fraction of sp³-hybridized carbons (Fsp3) is 0.333. The van der Waals surface area contributed by atoms with Gasteiger partial charge >= 0.3 is 0 Å². The van der Waals surface area contributed by atoms with Gasteiger partial charge in [-0.2, -0.15) is 0 Å². The summed E-state index contributed by atoms with van der Waals surface area (Å²) in [5.74, 6) is 0. The molecule has 0 aliphatic carbocycles. The first-order chi connectivity index (χ1) is 11.9. The number of fused-ring (bicyclic) bond motifs is 2. The third-order valence-corrected chi connectivity index (χ3v) is 6.54. The van der Waals surface area contributed by atoms with Gasteiger partial charge in [0.25, 0.3) is 10.0 Å². The summed E-state index contributed by atoms with van der Waals surface area (Å²) in [7, 11) is -1.50. The molecule has 7 heteroatoms. The zero-order chi connectivity index (χ0) is 17.6. The van der Waals surface area contributed by atoms with Crippen LogP contribution in [0.25, 0.3) is 0 Å². The number of rotatable bonds is 4. The number of para-hydroxylation sites is 1. The third kappa shape index (κ3) is 2.94. The van der Waals surface area contributed by atoms with Crippen LogP contribution in [0.15, 0.2) is 53.4 Å². The molecule has 2 aliphatic heterocycles. The van der Waals surface area contributed by atoms with Gasteiger partial charge in [0.2, 0.25) is 0 Å². The molecule has 2 aliphatic rings. The highest BCUT2D eigenvalue weighted by Crippen LogP contribution is 2.37. The second kappa shape index (κ2) is 5.93. The average molecular weight is 358 g/mol. The van der Waals surface area contributed by atoms with Crippen LogP contribution in [0.3, 0.4) is 0 Å². The van der Waals surface area contributed by atoms with Crippen molar-refractivity contribution in [2.75, 3.05) is 35.5 Å². The molecule has 132 valence electrons. The number of nitrogens with two attached hydrogens (primary N) is 1. The van der Waals surface area contributed by atoms with E-state index >= 15 is 0 Å². The van der Waals surface area contributed by atoms with Gasteiger partial charge in [-0.15, -0.1) is 0 Å². The quantitative estimate of drug-likeness (QED) is 0.817. The number of benzene rings is 2. The van der Waals surface area contributed by atoms with Crippen LogP contribution in [0.4, 0.5) is 17.1 Å². The van der Waals surface area contributed by atoms with Crippen LogP contribution in [-0.4, -0.2) is 45.5 Å². The molecule has 0 amide bonds. The number of sulfonamides is 1. The van der Waals surface area contributed by atoms with E-state index in [1.165, 1.54) is 0 Å². The molecule has 6 nitrogen and oxygen atoms in total. The molecule has 2 atom stereocenters. The molecule has 2 aromatic rings. The maximum absolute atomic E-state index is 12.6. The summed E-state index contributed by atoms with van der Waals surface area (Å²) in [6.45, 7) is 1.97. The van der Waals surface area contributed by atoms with Crippen molar-refractivity contribution in [2.45, 2.75) is 23.4 Å². The molecular weight excluding hydrogens is 336 g/mol. The lowest BCUT2D eigenvalue weighted by Gasteiger charge is -2.34. The molecule has 2 fully saturated rings. The van der Waals surface area contributed by atoms with Crippen molar-refractivity contribution >= 4 is 27.1 Å². The summed E-state index contributed by atoms with van der Waals surface area (Å²) in [4.78, 5) is 4.86. The largest absolute Gasteiger partial charge is 0.397 e. The van der Waals surface area contributed by atoms with Gasteiger partial charge in [-0.25, -0.2) is 8.42 Å². The molecular formula is C18H22N4O2S. The Kier molecular flexibility index (Phi) is 3.85. The van der Waals surface area contributed by atoms with Crippen molar-refractivity contribution in [2.24, 2.45) is 0 Å². The van der Waals surface area contributed by atoms with Crippen molar-refractivity contribution in [3.63, 3.8) is 0 Å². The van der Waals surface area contributed by atoms with E-state index in [9.17, 15) is 8.42 Å². The zero-order valence-corrected chi connectivity index (χ0v) is 14.9. The minimum absolute atomic E-state index is 0.180. The number of piperazine rings is 1. The van der Waals surface area contributed by atoms with Crippen molar-refractivity contribution in [3.05, 3.63) is 48.5 Å². The van der Waals surface area contributed by atoms with Crippen LogP contribution < -0.4 is 15.4 Å². The van der Waals surface area contributed by atoms with Crippen LogP contribution in [0.1, 0.15) is 6.42 Å². The van der Waals surface area contributed by atoms with Crippen molar-refractivity contribution in [1.82, 2.24) is 4.90 Å². The number of likely N-dealkylation sites (N-methyl/N-ethyl adjacent to an activating group) is 1. The predicted molar refractivity (Wildman–Crippen MR) is 100 cm³/mol. The molecule has 4 rings (SSSR count). The van der Waals surface area contributed by atoms with Crippen molar-refractivity contribution < 1.29 is 8.42 Å². The van der Waals surface area contributed by atoms with Gasteiger partial charge in [0.05, 0.1) is 16.3 Å². The minimum Gasteiger partial charge on any atom is -0.397 e. The number of hydrogen-bond acceptors (Lipinski definition) is 5. The monoisotopic (exact) mass is 358 g/mol. The lowest BCUT2D eigenvalue weighted by Crippen LogP contribution is -2.44. The lowest BCUT2D eigenvalue weighted by molar-refractivity contribution is 0.293. The van der Waals surface area contributed by atoms with Gasteiger partial charge in [0, 0.05) is 30.9 Å². The molecule has 2 aromatic carbocycles. The summed E-state index contributed by atoms with van der Waals surface area (Å²) in [5, 5.41) is 0. The maximum Gasteiger partial charge on any atom is 0.261 e. The highest BCUT2D eigenvalue weighted by atomic mass is 32.2. The van der Waals surface area contributed by atoms with E-state index in [-0.39, 0.29) is 4.90 Å². The van der Waals surface area contributed by atoms with Crippen LogP contribution in [0.5, 0.6) is 0 Å². The Labute approximate surface area is 148 Å². The normalized spacial score (nSPS) is 23.2. The topological polar surface area (TPSA) is 78.7 Å². The van der Waals surface area contributed by atoms with Gasteiger partial charge in [0.15, 0.2) is 0 Å². The third-order valence-electron chi connectivity index (χ3n) is 5.16. The Morgan fingerprint density at radius 2 is 1.84 bits per heavy atom. The first-order valence-electron chi connectivity index (χ1n) is 8.38. The van der Waals surface area contributed by atoms with Gasteiger partial charge in [-0.05, 0) is 43.8 Å². The van der Waals surface area contributed by atoms with Gasteiger partial charge in [-0.1, -0.05) is 18.2 Å². The molecule has 0 aromatic heterocycles. The van der Waals surface area contributed by atoms with Gasteiger partial charge < -0.3 is 10.6 Å². The van der Waals surface area contributed by atoms with Crippen LogP contribution in [0.2, 0.25) is 0 Å². The first kappa shape index (κ1) is 16.2. The van der Waals surface area contributed by atoms with E-state index in [4.69, 9.17) is 5.73 Å². The number of nitrogens with zero attached hydrogens (tertiary/aromatic N) is 2. The van der Waals surface area contributed by atoms with E-state index < -0.39 is 10.0 Å². The molecule has 3 N–H and O–H groups in total. The van der Waals surface area contributed by atoms with Gasteiger partial charge in [0.1, 0.15) is 0 Å². The Hall–Kier alpha value is -2.25. The Balaban J connectivity index is 1.58. The van der Waals surface area contributed by atoms with E-state index in [0.717, 1.165) is 25.2 Å². The number of anilines is 3. The summed E-state index contributed by atoms with van der Waals surface area (Å²) >= 11 is 0. The van der Waals surface area contributed by atoms with E-state index in [1.54, 1.807) is 36.4 Å². The Morgan fingerprint density at radius 1 is 1.08 bits per heavy atom.